The van der Waals surface area contributed by atoms with Crippen LogP contribution in [0.15, 0.2) is 54.6 Å². The average molecular weight is 265 g/mol. The van der Waals surface area contributed by atoms with E-state index in [0.717, 1.165) is 5.92 Å². The van der Waals surface area contributed by atoms with Gasteiger partial charge in [-0.1, -0.05) is 60.2 Å². The lowest BCUT2D eigenvalue weighted by Crippen LogP contribution is -2.41. The fourth-order valence-corrected chi connectivity index (χ4v) is 3.06. The van der Waals surface area contributed by atoms with Crippen molar-refractivity contribution < 1.29 is 0 Å². The molecule has 0 radical (unpaired) electrons. The lowest BCUT2D eigenvalue weighted by Gasteiger charge is -2.38. The molecule has 2 aromatic rings. The highest BCUT2D eigenvalue weighted by molar-refractivity contribution is 5.25. The van der Waals surface area contributed by atoms with Crippen molar-refractivity contribution >= 4 is 0 Å². The standard InChI is InChI=1S/C19H23N/c1-14-8-10-16(11-9-14)15(2)20-19-12-18(13-19)17-6-4-3-5-7-17/h3-11,15,18-20H,12-13H2,1-2H3/t15-,18?,19?/m0/s1. The third-order valence-electron chi connectivity index (χ3n) is 4.47. The van der Waals surface area contributed by atoms with Crippen LogP contribution in [0, 0.1) is 6.92 Å². The van der Waals surface area contributed by atoms with Crippen LogP contribution in [0.2, 0.25) is 0 Å². The van der Waals surface area contributed by atoms with Crippen molar-refractivity contribution in [2.75, 3.05) is 0 Å². The molecule has 0 heterocycles. The Bertz CT molecular complexity index is 538. The van der Waals surface area contributed by atoms with Crippen LogP contribution in [-0.4, -0.2) is 6.04 Å². The Morgan fingerprint density at radius 2 is 1.60 bits per heavy atom. The van der Waals surface area contributed by atoms with Gasteiger partial charge in [0.25, 0.3) is 0 Å². The lowest BCUT2D eigenvalue weighted by atomic mass is 9.75. The van der Waals surface area contributed by atoms with Gasteiger partial charge in [0, 0.05) is 12.1 Å². The Labute approximate surface area is 122 Å². The molecule has 0 bridgehead atoms. The summed E-state index contributed by atoms with van der Waals surface area (Å²) in [7, 11) is 0. The molecule has 1 saturated carbocycles. The summed E-state index contributed by atoms with van der Waals surface area (Å²) in [5, 5.41) is 3.75. The molecule has 1 heteroatoms. The second kappa shape index (κ2) is 5.80. The molecular formula is C19H23N. The molecule has 3 rings (SSSR count). The van der Waals surface area contributed by atoms with Crippen LogP contribution in [0.5, 0.6) is 0 Å². The Hall–Kier alpha value is -1.60. The summed E-state index contributed by atoms with van der Waals surface area (Å²) in [5.41, 5.74) is 4.21. The lowest BCUT2D eigenvalue weighted by molar-refractivity contribution is 0.271. The van der Waals surface area contributed by atoms with E-state index in [-0.39, 0.29) is 0 Å². The van der Waals surface area contributed by atoms with E-state index in [1.165, 1.54) is 29.5 Å². The normalized spacial score (nSPS) is 23.1. The number of benzene rings is 2. The number of aryl methyl sites for hydroxylation is 1. The summed E-state index contributed by atoms with van der Waals surface area (Å²) in [4.78, 5) is 0. The summed E-state index contributed by atoms with van der Waals surface area (Å²) in [5.74, 6) is 0.749. The average Bonchev–Trinajstić information content (AvgIpc) is 2.44. The topological polar surface area (TPSA) is 12.0 Å². The van der Waals surface area contributed by atoms with Gasteiger partial charge < -0.3 is 5.32 Å². The third kappa shape index (κ3) is 2.94. The minimum Gasteiger partial charge on any atom is -0.307 e. The highest BCUT2D eigenvalue weighted by atomic mass is 15.0. The van der Waals surface area contributed by atoms with Crippen molar-refractivity contribution in [3.05, 3.63) is 71.3 Å². The molecule has 1 fully saturated rings. The number of rotatable bonds is 4. The van der Waals surface area contributed by atoms with Gasteiger partial charge in [0.15, 0.2) is 0 Å². The van der Waals surface area contributed by atoms with Crippen molar-refractivity contribution in [3.63, 3.8) is 0 Å². The monoisotopic (exact) mass is 265 g/mol. The first-order valence-corrected chi connectivity index (χ1v) is 7.60. The Balaban J connectivity index is 1.52. The van der Waals surface area contributed by atoms with Crippen LogP contribution >= 0.6 is 0 Å². The zero-order valence-electron chi connectivity index (χ0n) is 12.3. The van der Waals surface area contributed by atoms with Crippen molar-refractivity contribution in [1.82, 2.24) is 5.32 Å². The second-order valence-corrected chi connectivity index (χ2v) is 6.07. The van der Waals surface area contributed by atoms with E-state index < -0.39 is 0 Å². The molecule has 1 aliphatic rings. The molecular weight excluding hydrogens is 242 g/mol. The van der Waals surface area contributed by atoms with E-state index in [9.17, 15) is 0 Å². The van der Waals surface area contributed by atoms with Crippen molar-refractivity contribution in [1.29, 1.82) is 0 Å². The minimum atomic E-state index is 0.442. The fourth-order valence-electron chi connectivity index (χ4n) is 3.06. The number of hydrogen-bond acceptors (Lipinski definition) is 1. The Kier molecular flexibility index (Phi) is 3.88. The van der Waals surface area contributed by atoms with E-state index in [2.05, 4.69) is 73.8 Å². The zero-order chi connectivity index (χ0) is 13.9. The van der Waals surface area contributed by atoms with Gasteiger partial charge in [0.2, 0.25) is 0 Å². The number of hydrogen-bond donors (Lipinski definition) is 1. The van der Waals surface area contributed by atoms with Gasteiger partial charge in [-0.05, 0) is 43.7 Å². The van der Waals surface area contributed by atoms with Gasteiger partial charge in [0.1, 0.15) is 0 Å². The predicted octanol–water partition coefficient (Wildman–Crippen LogP) is 4.59. The van der Waals surface area contributed by atoms with E-state index >= 15 is 0 Å². The summed E-state index contributed by atoms with van der Waals surface area (Å²) in [6, 6.07) is 20.9. The Morgan fingerprint density at radius 1 is 0.950 bits per heavy atom. The largest absolute Gasteiger partial charge is 0.307 e. The van der Waals surface area contributed by atoms with Crippen molar-refractivity contribution in [2.45, 2.75) is 44.7 Å². The molecule has 0 aromatic heterocycles. The van der Waals surface area contributed by atoms with E-state index in [0.29, 0.717) is 12.1 Å². The first-order chi connectivity index (χ1) is 9.72. The summed E-state index contributed by atoms with van der Waals surface area (Å²) < 4.78 is 0. The van der Waals surface area contributed by atoms with Crippen LogP contribution in [-0.2, 0) is 0 Å². The maximum absolute atomic E-state index is 3.75. The van der Waals surface area contributed by atoms with Crippen LogP contribution in [0.25, 0.3) is 0 Å². The quantitative estimate of drug-likeness (QED) is 0.852. The predicted molar refractivity (Wildman–Crippen MR) is 84.9 cm³/mol. The van der Waals surface area contributed by atoms with E-state index in [1.807, 2.05) is 0 Å². The molecule has 1 nitrogen and oxygen atoms in total. The van der Waals surface area contributed by atoms with Gasteiger partial charge >= 0.3 is 0 Å². The SMILES string of the molecule is Cc1ccc([C@H](C)NC2CC(c3ccccc3)C2)cc1. The number of nitrogens with one attached hydrogen (secondary N) is 1. The van der Waals surface area contributed by atoms with Crippen molar-refractivity contribution in [3.8, 4) is 0 Å². The molecule has 0 unspecified atom stereocenters. The van der Waals surface area contributed by atoms with Gasteiger partial charge in [-0.3, -0.25) is 0 Å². The molecule has 0 aliphatic heterocycles. The maximum Gasteiger partial charge on any atom is 0.0294 e. The van der Waals surface area contributed by atoms with E-state index in [1.54, 1.807) is 0 Å². The highest BCUT2D eigenvalue weighted by Crippen LogP contribution is 2.37. The summed E-state index contributed by atoms with van der Waals surface area (Å²) in [6.07, 6.45) is 2.53. The maximum atomic E-state index is 3.75. The smallest absolute Gasteiger partial charge is 0.0294 e. The molecule has 1 aliphatic carbocycles. The summed E-state index contributed by atoms with van der Waals surface area (Å²) in [6.45, 7) is 4.40. The molecule has 0 saturated heterocycles. The van der Waals surface area contributed by atoms with Crippen LogP contribution in [0.3, 0.4) is 0 Å². The first-order valence-electron chi connectivity index (χ1n) is 7.60. The molecule has 2 aromatic carbocycles. The molecule has 1 atom stereocenters. The fraction of sp³-hybridized carbons (Fsp3) is 0.368. The van der Waals surface area contributed by atoms with Gasteiger partial charge in [-0.15, -0.1) is 0 Å². The third-order valence-corrected chi connectivity index (χ3v) is 4.47. The van der Waals surface area contributed by atoms with E-state index in [4.69, 9.17) is 0 Å². The molecule has 20 heavy (non-hydrogen) atoms. The van der Waals surface area contributed by atoms with Crippen LogP contribution < -0.4 is 5.32 Å². The zero-order valence-corrected chi connectivity index (χ0v) is 12.3. The molecule has 104 valence electrons. The second-order valence-electron chi connectivity index (χ2n) is 6.07. The Morgan fingerprint density at radius 3 is 2.25 bits per heavy atom. The van der Waals surface area contributed by atoms with Gasteiger partial charge in [-0.2, -0.15) is 0 Å². The molecule has 0 amide bonds. The first kappa shape index (κ1) is 13.4. The molecule has 1 N–H and O–H groups in total. The van der Waals surface area contributed by atoms with Crippen LogP contribution in [0.4, 0.5) is 0 Å². The molecule has 0 spiro atoms. The van der Waals surface area contributed by atoms with Crippen LogP contribution in [0.1, 0.15) is 48.4 Å². The summed E-state index contributed by atoms with van der Waals surface area (Å²) >= 11 is 0. The van der Waals surface area contributed by atoms with Crippen molar-refractivity contribution in [2.24, 2.45) is 0 Å². The van der Waals surface area contributed by atoms with Gasteiger partial charge in [-0.25, -0.2) is 0 Å². The van der Waals surface area contributed by atoms with Gasteiger partial charge in [0.05, 0.1) is 0 Å². The minimum absolute atomic E-state index is 0.442. The highest BCUT2D eigenvalue weighted by Gasteiger charge is 2.30.